The highest BCUT2D eigenvalue weighted by Crippen LogP contribution is 2.26. The van der Waals surface area contributed by atoms with Crippen molar-refractivity contribution in [3.05, 3.63) is 71.2 Å². The molecular weight excluding hydrogens is 302 g/mol. The molecule has 1 aliphatic rings. The zero-order valence-electron chi connectivity index (χ0n) is 12.7. The molecule has 0 fully saturated rings. The SMILES string of the molecule is N=C(N)c1ccc2nc(C3=NCC(c4ccccc4)=C3O)[nH]c2c1. The fourth-order valence-electron chi connectivity index (χ4n) is 2.79. The van der Waals surface area contributed by atoms with Gasteiger partial charge in [0.2, 0.25) is 0 Å². The smallest absolute Gasteiger partial charge is 0.160 e. The lowest BCUT2D eigenvalue weighted by atomic mass is 10.1. The van der Waals surface area contributed by atoms with Gasteiger partial charge in [0, 0.05) is 11.1 Å². The van der Waals surface area contributed by atoms with Gasteiger partial charge in [-0.25, -0.2) is 4.98 Å². The number of nitrogens with zero attached hydrogens (tertiary/aromatic N) is 2. The first-order valence-corrected chi connectivity index (χ1v) is 7.50. The quantitative estimate of drug-likeness (QED) is 0.440. The Balaban J connectivity index is 1.75. The van der Waals surface area contributed by atoms with Crippen molar-refractivity contribution in [2.24, 2.45) is 10.7 Å². The topological polar surface area (TPSA) is 111 Å². The molecule has 118 valence electrons. The summed E-state index contributed by atoms with van der Waals surface area (Å²) in [6.45, 7) is 0.418. The van der Waals surface area contributed by atoms with E-state index in [9.17, 15) is 5.11 Å². The number of hydrogen-bond donors (Lipinski definition) is 4. The molecule has 1 aliphatic heterocycles. The van der Waals surface area contributed by atoms with E-state index >= 15 is 0 Å². The Labute approximate surface area is 137 Å². The fraction of sp³-hybridized carbons (Fsp3) is 0.0556. The van der Waals surface area contributed by atoms with Crippen molar-refractivity contribution in [3.63, 3.8) is 0 Å². The highest BCUT2D eigenvalue weighted by Gasteiger charge is 2.23. The number of nitrogens with two attached hydrogens (primary N) is 1. The Hall–Kier alpha value is -3.41. The average Bonchev–Trinajstić information content (AvgIpc) is 3.17. The molecule has 1 aromatic heterocycles. The molecule has 0 spiro atoms. The Morgan fingerprint density at radius 3 is 2.71 bits per heavy atom. The number of imidazole rings is 1. The van der Waals surface area contributed by atoms with Crippen molar-refractivity contribution in [3.8, 4) is 0 Å². The van der Waals surface area contributed by atoms with E-state index in [1.165, 1.54) is 0 Å². The average molecular weight is 317 g/mol. The van der Waals surface area contributed by atoms with Gasteiger partial charge in [0.25, 0.3) is 0 Å². The highest BCUT2D eigenvalue weighted by molar-refractivity contribution is 6.16. The number of amidine groups is 1. The van der Waals surface area contributed by atoms with Crippen LogP contribution >= 0.6 is 0 Å². The maximum Gasteiger partial charge on any atom is 0.160 e. The number of fused-ring (bicyclic) bond motifs is 1. The molecule has 4 rings (SSSR count). The molecular formula is C18H15N5O. The largest absolute Gasteiger partial charge is 0.505 e. The van der Waals surface area contributed by atoms with Crippen LogP contribution in [0.2, 0.25) is 0 Å². The number of aliphatic hydroxyl groups excluding tert-OH is 1. The molecule has 0 unspecified atom stereocenters. The first-order chi connectivity index (χ1) is 11.6. The lowest BCUT2D eigenvalue weighted by Crippen LogP contribution is -2.10. The summed E-state index contributed by atoms with van der Waals surface area (Å²) < 4.78 is 0. The number of hydrogen-bond acceptors (Lipinski definition) is 4. The predicted molar refractivity (Wildman–Crippen MR) is 94.5 cm³/mol. The number of nitrogens with one attached hydrogen (secondary N) is 2. The number of rotatable bonds is 3. The van der Waals surface area contributed by atoms with Gasteiger partial charge in [-0.15, -0.1) is 0 Å². The van der Waals surface area contributed by atoms with E-state index in [0.717, 1.165) is 22.2 Å². The lowest BCUT2D eigenvalue weighted by molar-refractivity contribution is 0.447. The predicted octanol–water partition coefficient (Wildman–Crippen LogP) is 2.62. The first-order valence-electron chi connectivity index (χ1n) is 7.50. The van der Waals surface area contributed by atoms with E-state index in [1.807, 2.05) is 30.3 Å². The third kappa shape index (κ3) is 2.25. The van der Waals surface area contributed by atoms with Crippen molar-refractivity contribution >= 4 is 28.2 Å². The maximum absolute atomic E-state index is 10.6. The zero-order valence-corrected chi connectivity index (χ0v) is 12.7. The summed E-state index contributed by atoms with van der Waals surface area (Å²) in [5, 5.41) is 18.1. The van der Waals surface area contributed by atoms with Gasteiger partial charge in [0.1, 0.15) is 17.3 Å². The molecule has 2 aromatic carbocycles. The Kier molecular flexibility index (Phi) is 3.16. The Morgan fingerprint density at radius 1 is 1.17 bits per heavy atom. The van der Waals surface area contributed by atoms with Crippen LogP contribution in [-0.4, -0.2) is 33.2 Å². The van der Waals surface area contributed by atoms with Gasteiger partial charge in [0.05, 0.1) is 17.6 Å². The third-order valence-corrected chi connectivity index (χ3v) is 4.04. The standard InChI is InChI=1S/C18H15N5O/c19-17(20)11-6-7-13-14(8-11)23-18(22-13)15-16(24)12(9-21-15)10-4-2-1-3-5-10/h1-8,24H,9H2,(H3,19,20)(H,22,23). The molecule has 0 aliphatic carbocycles. The first kappa shape index (κ1) is 14.2. The summed E-state index contributed by atoms with van der Waals surface area (Å²) in [5.41, 5.74) is 9.81. The second kappa shape index (κ2) is 5.34. The van der Waals surface area contributed by atoms with E-state index in [4.69, 9.17) is 11.1 Å². The molecule has 3 aromatic rings. The molecule has 2 heterocycles. The van der Waals surface area contributed by atoms with Gasteiger partial charge in [0.15, 0.2) is 5.82 Å². The molecule has 0 saturated carbocycles. The van der Waals surface area contributed by atoms with Crippen LogP contribution in [0.1, 0.15) is 17.0 Å². The molecule has 6 heteroatoms. The minimum absolute atomic E-state index is 0.000337. The molecule has 0 saturated heterocycles. The maximum atomic E-state index is 10.6. The van der Waals surface area contributed by atoms with Crippen LogP contribution in [0.3, 0.4) is 0 Å². The highest BCUT2D eigenvalue weighted by atomic mass is 16.3. The van der Waals surface area contributed by atoms with Gasteiger partial charge in [-0.2, -0.15) is 0 Å². The van der Waals surface area contributed by atoms with Crippen LogP contribution in [-0.2, 0) is 0 Å². The summed E-state index contributed by atoms with van der Waals surface area (Å²) in [7, 11) is 0. The Morgan fingerprint density at radius 2 is 1.96 bits per heavy atom. The van der Waals surface area contributed by atoms with E-state index in [2.05, 4.69) is 15.0 Å². The van der Waals surface area contributed by atoms with Gasteiger partial charge < -0.3 is 15.8 Å². The van der Waals surface area contributed by atoms with E-state index in [-0.39, 0.29) is 11.6 Å². The number of aromatic amines is 1. The van der Waals surface area contributed by atoms with Crippen molar-refractivity contribution < 1.29 is 5.11 Å². The molecule has 6 nitrogen and oxygen atoms in total. The third-order valence-electron chi connectivity index (χ3n) is 4.04. The van der Waals surface area contributed by atoms with Gasteiger partial charge >= 0.3 is 0 Å². The second-order valence-electron chi connectivity index (χ2n) is 5.59. The normalized spacial score (nSPS) is 14.2. The molecule has 0 atom stereocenters. The number of aliphatic hydroxyl groups is 1. The fourth-order valence-corrected chi connectivity index (χ4v) is 2.79. The number of aromatic nitrogens is 2. The van der Waals surface area contributed by atoms with Gasteiger partial charge in [-0.1, -0.05) is 30.3 Å². The molecule has 0 bridgehead atoms. The van der Waals surface area contributed by atoms with Crippen molar-refractivity contribution in [1.82, 2.24) is 9.97 Å². The van der Waals surface area contributed by atoms with E-state index in [0.29, 0.717) is 23.6 Å². The van der Waals surface area contributed by atoms with Crippen LogP contribution in [0.15, 0.2) is 59.3 Å². The summed E-state index contributed by atoms with van der Waals surface area (Å²) in [4.78, 5) is 12.1. The second-order valence-corrected chi connectivity index (χ2v) is 5.59. The summed E-state index contributed by atoms with van der Waals surface area (Å²) >= 11 is 0. The van der Waals surface area contributed by atoms with E-state index < -0.39 is 0 Å². The van der Waals surface area contributed by atoms with Crippen molar-refractivity contribution in [2.45, 2.75) is 0 Å². The van der Waals surface area contributed by atoms with Crippen LogP contribution in [0.25, 0.3) is 16.6 Å². The molecule has 0 amide bonds. The monoisotopic (exact) mass is 317 g/mol. The Bertz CT molecular complexity index is 1010. The van der Waals surface area contributed by atoms with Crippen LogP contribution < -0.4 is 5.73 Å². The lowest BCUT2D eigenvalue weighted by Gasteiger charge is -2.02. The number of aliphatic imine (C=N–C) groups is 1. The number of benzene rings is 2. The molecule has 0 radical (unpaired) electrons. The van der Waals surface area contributed by atoms with E-state index in [1.54, 1.807) is 18.2 Å². The van der Waals surface area contributed by atoms with Gasteiger partial charge in [-0.05, 0) is 23.8 Å². The summed E-state index contributed by atoms with van der Waals surface area (Å²) in [5.74, 6) is 0.654. The zero-order chi connectivity index (χ0) is 16.7. The summed E-state index contributed by atoms with van der Waals surface area (Å²) in [6.07, 6.45) is 0. The van der Waals surface area contributed by atoms with Crippen LogP contribution in [0.4, 0.5) is 0 Å². The number of nitrogen functional groups attached to an aromatic ring is 1. The molecule has 5 N–H and O–H groups in total. The summed E-state index contributed by atoms with van der Waals surface area (Å²) in [6, 6.07) is 15.0. The van der Waals surface area contributed by atoms with Crippen molar-refractivity contribution in [2.75, 3.05) is 6.54 Å². The number of H-pyrrole nitrogens is 1. The van der Waals surface area contributed by atoms with Gasteiger partial charge in [-0.3, -0.25) is 10.4 Å². The minimum Gasteiger partial charge on any atom is -0.505 e. The minimum atomic E-state index is 0.000337. The van der Waals surface area contributed by atoms with Crippen LogP contribution in [0, 0.1) is 5.41 Å². The van der Waals surface area contributed by atoms with Crippen molar-refractivity contribution in [1.29, 1.82) is 5.41 Å². The van der Waals surface area contributed by atoms with Crippen LogP contribution in [0.5, 0.6) is 0 Å². The molecule has 24 heavy (non-hydrogen) atoms. The number of allylic oxidation sites excluding steroid dienone is 1.